The number of nitrogens with zero attached hydrogens (tertiary/aromatic N) is 2. The smallest absolute Gasteiger partial charge is 0.263 e. The van der Waals surface area contributed by atoms with Crippen LogP contribution in [0.3, 0.4) is 0 Å². The maximum Gasteiger partial charge on any atom is 0.263 e. The van der Waals surface area contributed by atoms with Gasteiger partial charge in [0.25, 0.3) is 5.91 Å². The van der Waals surface area contributed by atoms with E-state index in [2.05, 4.69) is 30.1 Å². The maximum absolute atomic E-state index is 12.7. The standard InChI is InChI=1S/C23H35N3O2/c1-6-9-13-26(14-10-7-2)17-20(16-24)23(27)25-19(5)21-15-18(4)11-12-22(21)28-8-3/h11-12,15,17,19H,6-10,13-14H2,1-5H3,(H,25,27)/b20-17-. The first-order valence-electron chi connectivity index (χ1n) is 10.4. The molecule has 1 amide bonds. The molecule has 1 N–H and O–H groups in total. The van der Waals surface area contributed by atoms with Crippen molar-refractivity contribution in [3.8, 4) is 11.8 Å². The van der Waals surface area contributed by atoms with E-state index in [-0.39, 0.29) is 17.5 Å². The van der Waals surface area contributed by atoms with Gasteiger partial charge in [0.05, 0.1) is 12.6 Å². The number of aryl methyl sites for hydroxylation is 1. The van der Waals surface area contributed by atoms with Gasteiger partial charge in [-0.3, -0.25) is 4.79 Å². The third kappa shape index (κ3) is 7.64. The fourth-order valence-corrected chi connectivity index (χ4v) is 2.93. The molecule has 5 heteroatoms. The Labute approximate surface area is 170 Å². The monoisotopic (exact) mass is 385 g/mol. The topological polar surface area (TPSA) is 65.4 Å². The van der Waals surface area contributed by atoms with Crippen molar-refractivity contribution in [1.29, 1.82) is 5.26 Å². The number of benzene rings is 1. The normalized spacial score (nSPS) is 12.2. The molecule has 0 radical (unpaired) electrons. The van der Waals surface area contributed by atoms with Crippen LogP contribution in [0.2, 0.25) is 0 Å². The van der Waals surface area contributed by atoms with E-state index in [1.54, 1.807) is 6.20 Å². The van der Waals surface area contributed by atoms with Gasteiger partial charge in [0, 0.05) is 24.9 Å². The summed E-state index contributed by atoms with van der Waals surface area (Å²) in [5.41, 5.74) is 2.16. The average Bonchev–Trinajstić information content (AvgIpc) is 2.68. The first-order valence-corrected chi connectivity index (χ1v) is 10.4. The summed E-state index contributed by atoms with van der Waals surface area (Å²) in [6.45, 7) is 12.4. The zero-order valence-electron chi connectivity index (χ0n) is 18.0. The second-order valence-corrected chi connectivity index (χ2v) is 7.07. The van der Waals surface area contributed by atoms with Crippen LogP contribution in [0.4, 0.5) is 0 Å². The molecule has 28 heavy (non-hydrogen) atoms. The first kappa shape index (κ1) is 23.6. The van der Waals surface area contributed by atoms with Gasteiger partial charge >= 0.3 is 0 Å². The molecule has 1 rings (SSSR count). The highest BCUT2D eigenvalue weighted by Crippen LogP contribution is 2.26. The van der Waals surface area contributed by atoms with E-state index < -0.39 is 0 Å². The molecule has 5 nitrogen and oxygen atoms in total. The van der Waals surface area contributed by atoms with Gasteiger partial charge in [-0.05, 0) is 39.7 Å². The number of ether oxygens (including phenoxy) is 1. The van der Waals surface area contributed by atoms with E-state index in [1.165, 1.54) is 0 Å². The first-order chi connectivity index (χ1) is 13.5. The Morgan fingerprint density at radius 2 is 1.89 bits per heavy atom. The predicted octanol–water partition coefficient (Wildman–Crippen LogP) is 4.88. The molecule has 0 bridgehead atoms. The summed E-state index contributed by atoms with van der Waals surface area (Å²) in [6.07, 6.45) is 5.95. The Balaban J connectivity index is 2.95. The highest BCUT2D eigenvalue weighted by molar-refractivity contribution is 5.97. The molecule has 0 aliphatic rings. The van der Waals surface area contributed by atoms with Crippen molar-refractivity contribution in [3.63, 3.8) is 0 Å². The fraction of sp³-hybridized carbons (Fsp3) is 0.565. The molecule has 0 aliphatic heterocycles. The lowest BCUT2D eigenvalue weighted by Crippen LogP contribution is -2.30. The lowest BCUT2D eigenvalue weighted by atomic mass is 10.0. The van der Waals surface area contributed by atoms with E-state index in [1.807, 2.05) is 39.0 Å². The molecule has 0 fully saturated rings. The molecule has 1 unspecified atom stereocenters. The minimum atomic E-state index is -0.350. The van der Waals surface area contributed by atoms with Gasteiger partial charge in [-0.2, -0.15) is 5.26 Å². The van der Waals surface area contributed by atoms with E-state index in [9.17, 15) is 10.1 Å². The minimum absolute atomic E-state index is 0.143. The molecular formula is C23H35N3O2. The van der Waals surface area contributed by atoms with Crippen molar-refractivity contribution in [2.45, 2.75) is 66.3 Å². The number of unbranched alkanes of at least 4 members (excludes halogenated alkanes) is 2. The fourth-order valence-electron chi connectivity index (χ4n) is 2.93. The number of carbonyl (C=O) groups excluding carboxylic acids is 1. The van der Waals surface area contributed by atoms with Crippen LogP contribution < -0.4 is 10.1 Å². The predicted molar refractivity (Wildman–Crippen MR) is 114 cm³/mol. The van der Waals surface area contributed by atoms with Crippen molar-refractivity contribution in [3.05, 3.63) is 41.1 Å². The van der Waals surface area contributed by atoms with Gasteiger partial charge in [0.1, 0.15) is 17.4 Å². The SMILES string of the molecule is CCCCN(/C=C(/C#N)C(=O)NC(C)c1cc(C)ccc1OCC)CCCC. The lowest BCUT2D eigenvalue weighted by Gasteiger charge is -2.21. The second-order valence-electron chi connectivity index (χ2n) is 7.07. The number of hydrogen-bond acceptors (Lipinski definition) is 4. The van der Waals surface area contributed by atoms with Crippen molar-refractivity contribution in [1.82, 2.24) is 10.2 Å². The Morgan fingerprint density at radius 3 is 2.43 bits per heavy atom. The third-order valence-corrected chi connectivity index (χ3v) is 4.55. The summed E-state index contributed by atoms with van der Waals surface area (Å²) in [4.78, 5) is 14.8. The van der Waals surface area contributed by atoms with Crippen LogP contribution in [-0.4, -0.2) is 30.5 Å². The van der Waals surface area contributed by atoms with Crippen LogP contribution in [0.1, 0.15) is 70.5 Å². The summed E-state index contributed by atoms with van der Waals surface area (Å²) in [5, 5.41) is 12.5. The molecular weight excluding hydrogens is 350 g/mol. The number of hydrogen-bond donors (Lipinski definition) is 1. The van der Waals surface area contributed by atoms with E-state index in [4.69, 9.17) is 4.74 Å². The third-order valence-electron chi connectivity index (χ3n) is 4.55. The largest absolute Gasteiger partial charge is 0.494 e. The van der Waals surface area contributed by atoms with Gasteiger partial charge in [-0.25, -0.2) is 0 Å². The van der Waals surface area contributed by atoms with E-state index >= 15 is 0 Å². The molecule has 0 aromatic heterocycles. The number of carbonyl (C=O) groups is 1. The maximum atomic E-state index is 12.7. The highest BCUT2D eigenvalue weighted by Gasteiger charge is 2.18. The van der Waals surface area contributed by atoms with Crippen molar-refractivity contribution in [2.24, 2.45) is 0 Å². The molecule has 0 aliphatic carbocycles. The van der Waals surface area contributed by atoms with Crippen molar-refractivity contribution >= 4 is 5.91 Å². The van der Waals surface area contributed by atoms with Gasteiger partial charge in [-0.1, -0.05) is 44.4 Å². The van der Waals surface area contributed by atoms with Gasteiger partial charge < -0.3 is 15.0 Å². The van der Waals surface area contributed by atoms with Crippen LogP contribution in [-0.2, 0) is 4.79 Å². The Kier molecular flexibility index (Phi) is 10.8. The zero-order valence-corrected chi connectivity index (χ0v) is 18.0. The molecule has 0 saturated carbocycles. The molecule has 1 atom stereocenters. The Bertz CT molecular complexity index is 684. The zero-order chi connectivity index (χ0) is 20.9. The molecule has 0 heterocycles. The van der Waals surface area contributed by atoms with E-state index in [0.717, 1.165) is 55.6 Å². The van der Waals surface area contributed by atoms with Crippen molar-refractivity contribution < 1.29 is 9.53 Å². The lowest BCUT2D eigenvalue weighted by molar-refractivity contribution is -0.117. The van der Waals surface area contributed by atoms with Crippen molar-refractivity contribution in [2.75, 3.05) is 19.7 Å². The molecule has 1 aromatic carbocycles. The number of rotatable bonds is 12. The van der Waals surface area contributed by atoms with Crippen LogP contribution >= 0.6 is 0 Å². The van der Waals surface area contributed by atoms with Crippen LogP contribution in [0.5, 0.6) is 5.75 Å². The molecule has 1 aromatic rings. The summed E-state index contributed by atoms with van der Waals surface area (Å²) < 4.78 is 5.70. The van der Waals surface area contributed by atoms with Crippen LogP contribution in [0, 0.1) is 18.3 Å². The summed E-state index contributed by atoms with van der Waals surface area (Å²) in [5.74, 6) is 0.410. The summed E-state index contributed by atoms with van der Waals surface area (Å²) in [6, 6.07) is 7.74. The number of nitrogens with one attached hydrogen (secondary N) is 1. The van der Waals surface area contributed by atoms with E-state index in [0.29, 0.717) is 6.61 Å². The molecule has 0 saturated heterocycles. The Hall–Kier alpha value is -2.48. The number of nitriles is 1. The molecule has 0 spiro atoms. The summed E-state index contributed by atoms with van der Waals surface area (Å²) in [7, 11) is 0. The molecule has 154 valence electrons. The average molecular weight is 386 g/mol. The van der Waals surface area contributed by atoms with Gasteiger partial charge in [0.2, 0.25) is 0 Å². The van der Waals surface area contributed by atoms with Gasteiger partial charge in [0.15, 0.2) is 0 Å². The number of amides is 1. The van der Waals surface area contributed by atoms with Crippen LogP contribution in [0.25, 0.3) is 0 Å². The summed E-state index contributed by atoms with van der Waals surface area (Å²) >= 11 is 0. The van der Waals surface area contributed by atoms with Gasteiger partial charge in [-0.15, -0.1) is 0 Å². The Morgan fingerprint density at radius 1 is 1.25 bits per heavy atom. The second kappa shape index (κ2) is 12.8. The minimum Gasteiger partial charge on any atom is -0.494 e. The van der Waals surface area contributed by atoms with Crippen LogP contribution in [0.15, 0.2) is 30.0 Å². The quantitative estimate of drug-likeness (QED) is 0.411. The highest BCUT2D eigenvalue weighted by atomic mass is 16.5.